The highest BCUT2D eigenvalue weighted by molar-refractivity contribution is 7.92. The average Bonchev–Trinajstić information content (AvgIpc) is 2.78. The molecule has 0 saturated heterocycles. The fourth-order valence-electron chi connectivity index (χ4n) is 2.81. The van der Waals surface area contributed by atoms with Crippen molar-refractivity contribution in [3.8, 4) is 0 Å². The number of alkyl halides is 3. The Morgan fingerprint density at radius 2 is 1.65 bits per heavy atom. The third kappa shape index (κ3) is 5.98. The quantitative estimate of drug-likeness (QED) is 0.341. The van der Waals surface area contributed by atoms with Crippen LogP contribution >= 0.6 is 0 Å². The van der Waals surface area contributed by atoms with Crippen molar-refractivity contribution in [1.82, 2.24) is 5.43 Å². The Morgan fingerprint density at radius 3 is 2.35 bits per heavy atom. The Balaban J connectivity index is 1.76. The normalized spacial score (nSPS) is 11.9. The lowest BCUT2D eigenvalue weighted by Crippen LogP contribution is -2.19. The number of carbonyl (C=O) groups excluding carboxylic acids is 1. The van der Waals surface area contributed by atoms with E-state index in [1.165, 1.54) is 36.4 Å². The van der Waals surface area contributed by atoms with Gasteiger partial charge >= 0.3 is 12.1 Å². The van der Waals surface area contributed by atoms with Crippen LogP contribution in [-0.2, 0) is 16.2 Å². The van der Waals surface area contributed by atoms with Crippen LogP contribution in [0.1, 0.15) is 31.8 Å². The van der Waals surface area contributed by atoms with Crippen molar-refractivity contribution in [2.45, 2.75) is 11.1 Å². The zero-order chi connectivity index (χ0) is 24.9. The monoisotopic (exact) mass is 491 g/mol. The van der Waals surface area contributed by atoms with E-state index in [9.17, 15) is 31.2 Å². The molecule has 0 aromatic heterocycles. The standard InChI is InChI=1S/C22H16F3N3O5S/c23-22(24,25)16-7-4-8-17(12-16)28-34(32,33)18-9-3-6-14(11-18)20(29)27-26-13-15-5-1-2-10-19(15)21(30)31/h1-13,28H,(H,27,29)(H,30,31)/b26-13-. The van der Waals surface area contributed by atoms with Crippen LogP contribution in [0, 0.1) is 0 Å². The molecule has 0 fully saturated rings. The molecule has 3 rings (SSSR count). The van der Waals surface area contributed by atoms with E-state index >= 15 is 0 Å². The van der Waals surface area contributed by atoms with Gasteiger partial charge in [-0.15, -0.1) is 0 Å². The topological polar surface area (TPSA) is 125 Å². The second-order valence-corrected chi connectivity index (χ2v) is 8.49. The number of carboxylic acid groups (broad SMARTS) is 1. The summed E-state index contributed by atoms with van der Waals surface area (Å²) in [5.74, 6) is -1.97. The molecule has 0 aliphatic heterocycles. The highest BCUT2D eigenvalue weighted by atomic mass is 32.2. The molecular weight excluding hydrogens is 475 g/mol. The minimum Gasteiger partial charge on any atom is -0.478 e. The molecule has 3 aromatic rings. The number of hydrogen-bond donors (Lipinski definition) is 3. The van der Waals surface area contributed by atoms with Crippen LogP contribution in [0.2, 0.25) is 0 Å². The van der Waals surface area contributed by atoms with Crippen LogP contribution in [0.15, 0.2) is 82.8 Å². The first-order valence-electron chi connectivity index (χ1n) is 9.43. The molecule has 176 valence electrons. The van der Waals surface area contributed by atoms with Crippen LogP contribution in [-0.4, -0.2) is 31.6 Å². The van der Waals surface area contributed by atoms with Crippen molar-refractivity contribution >= 4 is 33.8 Å². The third-order valence-electron chi connectivity index (χ3n) is 4.41. The van der Waals surface area contributed by atoms with Crippen molar-refractivity contribution in [2.75, 3.05) is 4.72 Å². The molecule has 0 atom stereocenters. The van der Waals surface area contributed by atoms with E-state index in [1.54, 1.807) is 6.07 Å². The molecule has 0 aliphatic rings. The number of anilines is 1. The Kier molecular flexibility index (Phi) is 7.01. The van der Waals surface area contributed by atoms with Gasteiger partial charge in [0.25, 0.3) is 15.9 Å². The summed E-state index contributed by atoms with van der Waals surface area (Å²) >= 11 is 0. The Hall–Kier alpha value is -4.19. The lowest BCUT2D eigenvalue weighted by Gasteiger charge is -2.12. The van der Waals surface area contributed by atoms with Crippen LogP contribution in [0.3, 0.4) is 0 Å². The molecule has 0 aliphatic carbocycles. The third-order valence-corrected chi connectivity index (χ3v) is 5.79. The number of sulfonamides is 1. The molecule has 0 bridgehead atoms. The molecule has 0 saturated carbocycles. The van der Waals surface area contributed by atoms with Gasteiger partial charge in [-0.05, 0) is 42.5 Å². The number of halogens is 3. The Bertz CT molecular complexity index is 1370. The van der Waals surface area contributed by atoms with Crippen molar-refractivity contribution in [3.63, 3.8) is 0 Å². The molecule has 34 heavy (non-hydrogen) atoms. The Morgan fingerprint density at radius 1 is 0.941 bits per heavy atom. The lowest BCUT2D eigenvalue weighted by atomic mass is 10.1. The number of nitrogens with one attached hydrogen (secondary N) is 2. The maximum atomic E-state index is 12.9. The molecule has 0 spiro atoms. The van der Waals surface area contributed by atoms with Gasteiger partial charge in [0.05, 0.1) is 22.2 Å². The van der Waals surface area contributed by atoms with Gasteiger partial charge in [0.2, 0.25) is 0 Å². The van der Waals surface area contributed by atoms with Gasteiger partial charge in [-0.2, -0.15) is 18.3 Å². The fourth-order valence-corrected chi connectivity index (χ4v) is 3.90. The maximum absolute atomic E-state index is 12.9. The maximum Gasteiger partial charge on any atom is 0.416 e. The molecule has 1 amide bonds. The van der Waals surface area contributed by atoms with E-state index in [4.69, 9.17) is 5.11 Å². The first kappa shape index (κ1) is 24.5. The smallest absolute Gasteiger partial charge is 0.416 e. The van der Waals surface area contributed by atoms with Gasteiger partial charge in [0.15, 0.2) is 0 Å². The van der Waals surface area contributed by atoms with E-state index < -0.39 is 33.6 Å². The fraction of sp³-hybridized carbons (Fsp3) is 0.0455. The SMILES string of the molecule is O=C(N/N=C\c1ccccc1C(=O)O)c1cccc(S(=O)(=O)Nc2cccc(C(F)(F)F)c2)c1. The molecule has 3 N–H and O–H groups in total. The van der Waals surface area contributed by atoms with Gasteiger partial charge in [-0.1, -0.05) is 30.3 Å². The number of hydrogen-bond acceptors (Lipinski definition) is 5. The number of carboxylic acids is 1. The molecule has 8 nitrogen and oxygen atoms in total. The summed E-state index contributed by atoms with van der Waals surface area (Å²) in [7, 11) is -4.31. The molecular formula is C22H16F3N3O5S. The largest absolute Gasteiger partial charge is 0.478 e. The first-order chi connectivity index (χ1) is 16.0. The van der Waals surface area contributed by atoms with Crippen molar-refractivity contribution in [3.05, 3.63) is 95.1 Å². The van der Waals surface area contributed by atoms with Gasteiger partial charge < -0.3 is 5.11 Å². The van der Waals surface area contributed by atoms with E-state index in [1.807, 2.05) is 4.72 Å². The van der Waals surface area contributed by atoms with Crippen LogP contribution in [0.4, 0.5) is 18.9 Å². The lowest BCUT2D eigenvalue weighted by molar-refractivity contribution is -0.137. The summed E-state index contributed by atoms with van der Waals surface area (Å²) < 4.78 is 65.9. The van der Waals surface area contributed by atoms with Gasteiger partial charge in [-0.25, -0.2) is 18.6 Å². The number of carbonyl (C=O) groups is 2. The van der Waals surface area contributed by atoms with E-state index in [0.29, 0.717) is 6.07 Å². The summed E-state index contributed by atoms with van der Waals surface area (Å²) in [5, 5.41) is 12.8. The molecule has 0 unspecified atom stereocenters. The van der Waals surface area contributed by atoms with Crippen LogP contribution in [0.5, 0.6) is 0 Å². The average molecular weight is 491 g/mol. The number of hydrazone groups is 1. The van der Waals surface area contributed by atoms with Crippen molar-refractivity contribution < 1.29 is 36.3 Å². The van der Waals surface area contributed by atoms with Crippen LogP contribution in [0.25, 0.3) is 0 Å². The zero-order valence-corrected chi connectivity index (χ0v) is 17.9. The first-order valence-corrected chi connectivity index (χ1v) is 10.9. The van der Waals surface area contributed by atoms with E-state index in [2.05, 4.69) is 10.5 Å². The summed E-state index contributed by atoms with van der Waals surface area (Å²) in [4.78, 5) is 23.2. The molecule has 12 heteroatoms. The number of nitrogens with zero attached hydrogens (tertiary/aromatic N) is 1. The molecule has 0 heterocycles. The minimum absolute atomic E-state index is 0.0331. The second kappa shape index (κ2) is 9.75. The molecule has 0 radical (unpaired) electrons. The summed E-state index contributed by atoms with van der Waals surface area (Å²) in [6, 6.07) is 14.4. The summed E-state index contributed by atoms with van der Waals surface area (Å²) in [6.45, 7) is 0. The van der Waals surface area contributed by atoms with Crippen LogP contribution < -0.4 is 10.1 Å². The highest BCUT2D eigenvalue weighted by Gasteiger charge is 2.30. The number of rotatable bonds is 7. The van der Waals surface area contributed by atoms with E-state index in [-0.39, 0.29) is 27.3 Å². The number of amides is 1. The highest BCUT2D eigenvalue weighted by Crippen LogP contribution is 2.31. The number of benzene rings is 3. The van der Waals surface area contributed by atoms with Gasteiger partial charge in [0.1, 0.15) is 0 Å². The summed E-state index contributed by atoms with van der Waals surface area (Å²) in [5.41, 5.74) is 0.938. The van der Waals surface area contributed by atoms with Gasteiger partial charge in [0, 0.05) is 16.8 Å². The van der Waals surface area contributed by atoms with Gasteiger partial charge in [-0.3, -0.25) is 9.52 Å². The van der Waals surface area contributed by atoms with Crippen molar-refractivity contribution in [1.29, 1.82) is 0 Å². The minimum atomic E-state index is -4.65. The Labute approximate surface area is 191 Å². The predicted molar refractivity (Wildman–Crippen MR) is 117 cm³/mol. The molecule has 3 aromatic carbocycles. The second-order valence-electron chi connectivity index (χ2n) is 6.80. The van der Waals surface area contributed by atoms with Crippen molar-refractivity contribution in [2.24, 2.45) is 5.10 Å². The summed E-state index contributed by atoms with van der Waals surface area (Å²) in [6.07, 6.45) is -3.53. The zero-order valence-electron chi connectivity index (χ0n) is 17.1. The number of aromatic carboxylic acids is 1. The predicted octanol–water partition coefficient (Wildman–Crippen LogP) is 3.97. The van der Waals surface area contributed by atoms with E-state index in [0.717, 1.165) is 30.5 Å².